The lowest BCUT2D eigenvalue weighted by Crippen LogP contribution is -2.31. The van der Waals surface area contributed by atoms with Gasteiger partial charge in [-0.1, -0.05) is 0 Å². The number of hydrogen-bond acceptors (Lipinski definition) is 3. The van der Waals surface area contributed by atoms with Crippen molar-refractivity contribution in [2.75, 3.05) is 11.9 Å². The first-order chi connectivity index (χ1) is 11.5. The Morgan fingerprint density at radius 3 is 2.79 bits per heavy atom. The molecule has 3 heterocycles. The van der Waals surface area contributed by atoms with Gasteiger partial charge in [0.05, 0.1) is 16.7 Å². The van der Waals surface area contributed by atoms with E-state index in [1.54, 1.807) is 18.3 Å². The Labute approximate surface area is 136 Å². The summed E-state index contributed by atoms with van der Waals surface area (Å²) in [6.45, 7) is 0.547. The number of aromatic nitrogens is 1. The number of H-pyrrole nitrogens is 1. The van der Waals surface area contributed by atoms with Crippen molar-refractivity contribution >= 4 is 35.1 Å². The number of benzene rings is 1. The van der Waals surface area contributed by atoms with E-state index in [9.17, 15) is 14.4 Å². The van der Waals surface area contributed by atoms with Crippen LogP contribution >= 0.6 is 0 Å². The second-order valence-electron chi connectivity index (χ2n) is 5.68. The van der Waals surface area contributed by atoms with E-state index >= 15 is 0 Å². The van der Waals surface area contributed by atoms with Gasteiger partial charge >= 0.3 is 5.97 Å². The first kappa shape index (κ1) is 14.3. The van der Waals surface area contributed by atoms with Crippen LogP contribution in [0, 0.1) is 0 Å². The molecule has 0 spiro atoms. The maximum absolute atomic E-state index is 12.3. The van der Waals surface area contributed by atoms with Gasteiger partial charge in [-0.05, 0) is 36.3 Å². The Balaban J connectivity index is 1.82. The quantitative estimate of drug-likeness (QED) is 0.627. The van der Waals surface area contributed by atoms with Crippen molar-refractivity contribution < 1.29 is 19.5 Å². The Kier molecular flexibility index (Phi) is 3.02. The molecule has 0 saturated heterocycles. The van der Waals surface area contributed by atoms with Crippen molar-refractivity contribution in [2.24, 2.45) is 0 Å². The van der Waals surface area contributed by atoms with Gasteiger partial charge in [-0.3, -0.25) is 9.59 Å². The second-order valence-corrected chi connectivity index (χ2v) is 5.68. The lowest BCUT2D eigenvalue weighted by Gasteiger charge is -2.12. The maximum atomic E-state index is 12.3. The van der Waals surface area contributed by atoms with E-state index in [1.807, 2.05) is 0 Å². The summed E-state index contributed by atoms with van der Waals surface area (Å²) >= 11 is 0. The highest BCUT2D eigenvalue weighted by Crippen LogP contribution is 2.34. The van der Waals surface area contributed by atoms with Gasteiger partial charge in [0.2, 0.25) is 0 Å². The van der Waals surface area contributed by atoms with E-state index in [2.05, 4.69) is 15.6 Å². The zero-order valence-corrected chi connectivity index (χ0v) is 12.5. The first-order valence-electron chi connectivity index (χ1n) is 7.44. The number of fused-ring (bicyclic) bond motifs is 2. The van der Waals surface area contributed by atoms with Crippen LogP contribution in [0.25, 0.3) is 11.6 Å². The Morgan fingerprint density at radius 1 is 1.17 bits per heavy atom. The molecule has 1 aromatic carbocycles. The van der Waals surface area contributed by atoms with E-state index < -0.39 is 5.97 Å². The molecule has 7 heteroatoms. The molecule has 1 aromatic heterocycles. The number of carbonyl (C=O) groups is 3. The van der Waals surface area contributed by atoms with Gasteiger partial charge in [-0.25, -0.2) is 4.79 Å². The molecular formula is C17H13N3O4. The zero-order chi connectivity index (χ0) is 16.8. The van der Waals surface area contributed by atoms with Crippen molar-refractivity contribution in [3.8, 4) is 0 Å². The van der Waals surface area contributed by atoms with E-state index in [4.69, 9.17) is 5.11 Å². The highest BCUT2D eigenvalue weighted by atomic mass is 16.4. The monoisotopic (exact) mass is 323 g/mol. The van der Waals surface area contributed by atoms with Gasteiger partial charge in [0.25, 0.3) is 11.8 Å². The predicted octanol–water partition coefficient (Wildman–Crippen LogP) is 1.49. The van der Waals surface area contributed by atoms with Gasteiger partial charge in [-0.15, -0.1) is 0 Å². The van der Waals surface area contributed by atoms with Crippen molar-refractivity contribution in [2.45, 2.75) is 6.42 Å². The largest absolute Gasteiger partial charge is 0.478 e. The average molecular weight is 323 g/mol. The van der Waals surface area contributed by atoms with Crippen LogP contribution < -0.4 is 10.6 Å². The Bertz CT molecular complexity index is 939. The molecule has 2 aliphatic heterocycles. The van der Waals surface area contributed by atoms with Crippen molar-refractivity contribution in [3.05, 3.63) is 52.3 Å². The fraction of sp³-hybridized carbons (Fsp3) is 0.118. The van der Waals surface area contributed by atoms with E-state index in [-0.39, 0.29) is 17.4 Å². The van der Waals surface area contributed by atoms with Crippen LogP contribution in [0.15, 0.2) is 24.4 Å². The summed E-state index contributed by atoms with van der Waals surface area (Å²) in [6.07, 6.45) is 3.97. The molecule has 0 saturated carbocycles. The van der Waals surface area contributed by atoms with E-state index in [1.165, 1.54) is 12.1 Å². The molecule has 0 bridgehead atoms. The van der Waals surface area contributed by atoms with Gasteiger partial charge in [-0.2, -0.15) is 0 Å². The highest BCUT2D eigenvalue weighted by molar-refractivity contribution is 6.35. The summed E-state index contributed by atoms with van der Waals surface area (Å²) < 4.78 is 0. The summed E-state index contributed by atoms with van der Waals surface area (Å²) in [5.41, 5.74) is 3.75. The molecular weight excluding hydrogens is 310 g/mol. The van der Waals surface area contributed by atoms with Crippen molar-refractivity contribution in [1.82, 2.24) is 10.3 Å². The van der Waals surface area contributed by atoms with Crippen LogP contribution in [-0.2, 0) is 11.2 Å². The van der Waals surface area contributed by atoms with Crippen molar-refractivity contribution in [3.63, 3.8) is 0 Å². The molecule has 4 N–H and O–H groups in total. The minimum atomic E-state index is -1.05. The van der Waals surface area contributed by atoms with Gasteiger partial charge < -0.3 is 20.7 Å². The fourth-order valence-corrected chi connectivity index (χ4v) is 3.07. The third kappa shape index (κ3) is 2.10. The fourth-order valence-electron chi connectivity index (χ4n) is 3.07. The van der Waals surface area contributed by atoms with Crippen LogP contribution in [-0.4, -0.2) is 34.4 Å². The van der Waals surface area contributed by atoms with Crippen LogP contribution in [0.4, 0.5) is 5.69 Å². The van der Waals surface area contributed by atoms with E-state index in [0.717, 1.165) is 5.56 Å². The number of carboxylic acid groups (broad SMARTS) is 1. The van der Waals surface area contributed by atoms with Crippen LogP contribution in [0.2, 0.25) is 0 Å². The molecule has 4 rings (SSSR count). The molecule has 7 nitrogen and oxygen atoms in total. The standard InChI is InChI=1S/C17H13N3O4/c21-15-12-7-19-14(9(12)3-4-18-15)6-11-10-5-8(17(23)24)1-2-13(10)20-16(11)22/h1-2,5-7,19H,3-4H2,(H,18,21)(H,20,22)(H,23,24)/b11-6-. The van der Waals surface area contributed by atoms with Crippen molar-refractivity contribution in [1.29, 1.82) is 0 Å². The molecule has 0 fully saturated rings. The highest BCUT2D eigenvalue weighted by Gasteiger charge is 2.27. The average Bonchev–Trinajstić information content (AvgIpc) is 3.10. The molecule has 120 valence electrons. The molecule has 0 atom stereocenters. The minimum Gasteiger partial charge on any atom is -0.478 e. The SMILES string of the molecule is O=C1Nc2ccc(C(=O)O)cc2/C1=C/c1[nH]cc2c1CCNC2=O. The van der Waals surface area contributed by atoms with Crippen LogP contribution in [0.3, 0.4) is 0 Å². The van der Waals surface area contributed by atoms with Gasteiger partial charge in [0, 0.05) is 29.7 Å². The number of aromatic amines is 1. The minimum absolute atomic E-state index is 0.115. The normalized spacial score (nSPS) is 17.2. The molecule has 0 radical (unpaired) electrons. The molecule has 0 unspecified atom stereocenters. The van der Waals surface area contributed by atoms with Gasteiger partial charge in [0.1, 0.15) is 0 Å². The molecule has 2 aliphatic rings. The number of carbonyl (C=O) groups excluding carboxylic acids is 2. The molecule has 2 aromatic rings. The molecule has 2 amide bonds. The Morgan fingerprint density at radius 2 is 2.00 bits per heavy atom. The third-order valence-corrected chi connectivity index (χ3v) is 4.27. The summed E-state index contributed by atoms with van der Waals surface area (Å²) in [5.74, 6) is -1.48. The zero-order valence-electron chi connectivity index (χ0n) is 12.5. The number of aromatic carboxylic acids is 1. The summed E-state index contributed by atoms with van der Waals surface area (Å²) in [4.78, 5) is 38.3. The second kappa shape index (κ2) is 5.09. The molecule has 24 heavy (non-hydrogen) atoms. The number of rotatable bonds is 2. The number of anilines is 1. The van der Waals surface area contributed by atoms with Gasteiger partial charge in [0.15, 0.2) is 0 Å². The van der Waals surface area contributed by atoms with Crippen LogP contribution in [0.1, 0.15) is 37.5 Å². The number of nitrogens with one attached hydrogen (secondary N) is 3. The summed E-state index contributed by atoms with van der Waals surface area (Å²) in [7, 11) is 0. The predicted molar refractivity (Wildman–Crippen MR) is 86.7 cm³/mol. The molecule has 0 aliphatic carbocycles. The van der Waals surface area contributed by atoms with Crippen LogP contribution in [0.5, 0.6) is 0 Å². The van der Waals surface area contributed by atoms with E-state index in [0.29, 0.717) is 41.0 Å². The first-order valence-corrected chi connectivity index (χ1v) is 7.44. The number of amides is 2. The number of carboxylic acids is 1. The smallest absolute Gasteiger partial charge is 0.335 e. The topological polar surface area (TPSA) is 111 Å². The summed E-state index contributed by atoms with van der Waals surface area (Å²) in [6, 6.07) is 4.50. The Hall–Kier alpha value is -3.35. The maximum Gasteiger partial charge on any atom is 0.335 e. The third-order valence-electron chi connectivity index (χ3n) is 4.27. The lowest BCUT2D eigenvalue weighted by molar-refractivity contribution is -0.110. The lowest BCUT2D eigenvalue weighted by atomic mass is 9.99. The number of hydrogen-bond donors (Lipinski definition) is 4. The summed E-state index contributed by atoms with van der Waals surface area (Å²) in [5, 5.41) is 14.6.